The summed E-state index contributed by atoms with van der Waals surface area (Å²) in [6.07, 6.45) is 15.9. The van der Waals surface area contributed by atoms with Gasteiger partial charge in [-0.2, -0.15) is 0 Å². The van der Waals surface area contributed by atoms with Gasteiger partial charge in [-0.15, -0.1) is 0 Å². The first-order valence-corrected chi connectivity index (χ1v) is 17.5. The predicted octanol–water partition coefficient (Wildman–Crippen LogP) is 10.0. The summed E-state index contributed by atoms with van der Waals surface area (Å²) in [6, 6.07) is 5.13. The van der Waals surface area contributed by atoms with E-state index in [0.29, 0.717) is 39.7 Å². The maximum atomic E-state index is 13.1. The minimum atomic E-state index is -0.301. The molecule has 0 radical (unpaired) electrons. The molecule has 1 N–H and O–H groups in total. The van der Waals surface area contributed by atoms with Crippen LogP contribution in [0.15, 0.2) is 36.4 Å². The summed E-state index contributed by atoms with van der Waals surface area (Å²) >= 11 is 0. The van der Waals surface area contributed by atoms with E-state index in [9.17, 15) is 9.90 Å². The highest BCUT2D eigenvalue weighted by Crippen LogP contribution is 2.77. The van der Waals surface area contributed by atoms with Crippen molar-refractivity contribution in [3.05, 3.63) is 42.0 Å². The Morgan fingerprint density at radius 2 is 1.66 bits per heavy atom. The van der Waals surface area contributed by atoms with Gasteiger partial charge in [0.25, 0.3) is 0 Å². The SMILES string of the molecule is C=C(C)[C@@H]1CC[C@]2(C)CC[C@]3(C)C(CCC4[C@@]5(C)CC[C@H](OC(=O)/C=C/c6ccc(OC)c(O)c6)C(C)(C)C5CC[C@]43C)C12. The minimum Gasteiger partial charge on any atom is -0.504 e. The number of benzene rings is 1. The maximum absolute atomic E-state index is 13.1. The molecule has 0 aromatic heterocycles. The van der Waals surface area contributed by atoms with Crippen molar-refractivity contribution in [3.8, 4) is 11.5 Å². The highest BCUT2D eigenvalue weighted by molar-refractivity contribution is 5.87. The number of aromatic hydroxyl groups is 1. The fraction of sp³-hybridized carbons (Fsp3) is 0.725. The van der Waals surface area contributed by atoms with E-state index in [-0.39, 0.29) is 28.7 Å². The smallest absolute Gasteiger partial charge is 0.331 e. The zero-order chi connectivity index (χ0) is 31.9. The van der Waals surface area contributed by atoms with Crippen molar-refractivity contribution in [1.82, 2.24) is 0 Å². The molecule has 0 amide bonds. The molecule has 5 fully saturated rings. The van der Waals surface area contributed by atoms with Gasteiger partial charge in [0.2, 0.25) is 0 Å². The highest BCUT2D eigenvalue weighted by Gasteiger charge is 2.70. The van der Waals surface area contributed by atoms with Crippen LogP contribution < -0.4 is 4.74 Å². The molecule has 5 aliphatic carbocycles. The lowest BCUT2D eigenvalue weighted by molar-refractivity contribution is -0.248. The Morgan fingerprint density at radius 3 is 2.34 bits per heavy atom. The van der Waals surface area contributed by atoms with Crippen LogP contribution in [0.3, 0.4) is 0 Å². The van der Waals surface area contributed by atoms with Crippen molar-refractivity contribution in [1.29, 1.82) is 0 Å². The summed E-state index contributed by atoms with van der Waals surface area (Å²) in [7, 11) is 1.52. The molecule has 1 aromatic rings. The third-order valence-corrected chi connectivity index (χ3v) is 15.3. The lowest BCUT2D eigenvalue weighted by Crippen LogP contribution is -2.66. The second kappa shape index (κ2) is 10.7. The van der Waals surface area contributed by atoms with E-state index in [4.69, 9.17) is 9.47 Å². The van der Waals surface area contributed by atoms with E-state index < -0.39 is 0 Å². The van der Waals surface area contributed by atoms with E-state index in [1.165, 1.54) is 70.1 Å². The summed E-state index contributed by atoms with van der Waals surface area (Å²) in [5.74, 6) is 3.71. The maximum Gasteiger partial charge on any atom is 0.331 e. The fourth-order valence-electron chi connectivity index (χ4n) is 12.8. The molecule has 4 unspecified atom stereocenters. The van der Waals surface area contributed by atoms with Gasteiger partial charge in [-0.05, 0) is 146 Å². The van der Waals surface area contributed by atoms with Crippen LogP contribution in [0.25, 0.3) is 6.08 Å². The van der Waals surface area contributed by atoms with Crippen LogP contribution in [0.2, 0.25) is 0 Å². The van der Waals surface area contributed by atoms with E-state index >= 15 is 0 Å². The number of phenolic OH excluding ortho intramolecular Hbond substituents is 1. The number of rotatable bonds is 5. The Kier molecular flexibility index (Phi) is 7.69. The van der Waals surface area contributed by atoms with Gasteiger partial charge in [0.15, 0.2) is 11.5 Å². The van der Waals surface area contributed by atoms with Gasteiger partial charge in [0.05, 0.1) is 7.11 Å². The summed E-state index contributed by atoms with van der Waals surface area (Å²) in [4.78, 5) is 13.1. The van der Waals surface area contributed by atoms with Crippen LogP contribution in [0.4, 0.5) is 0 Å². The van der Waals surface area contributed by atoms with Crippen molar-refractivity contribution in [2.24, 2.45) is 56.7 Å². The van der Waals surface area contributed by atoms with Crippen molar-refractivity contribution < 1.29 is 19.4 Å². The van der Waals surface area contributed by atoms with Gasteiger partial charge in [0, 0.05) is 11.5 Å². The second-order valence-corrected chi connectivity index (χ2v) is 17.4. The zero-order valence-electron chi connectivity index (χ0n) is 28.8. The van der Waals surface area contributed by atoms with Gasteiger partial charge in [-0.1, -0.05) is 59.8 Å². The first kappa shape index (κ1) is 31.7. The zero-order valence-corrected chi connectivity index (χ0v) is 28.8. The largest absolute Gasteiger partial charge is 0.504 e. The normalized spacial score (nSPS) is 44.2. The lowest BCUT2D eigenvalue weighted by atomic mass is 9.32. The highest BCUT2D eigenvalue weighted by atomic mass is 16.5. The van der Waals surface area contributed by atoms with Gasteiger partial charge in [-0.25, -0.2) is 4.79 Å². The molecule has 242 valence electrons. The molecule has 10 atom stereocenters. The average molecular weight is 603 g/mol. The fourth-order valence-corrected chi connectivity index (χ4v) is 12.8. The van der Waals surface area contributed by atoms with Gasteiger partial charge >= 0.3 is 5.97 Å². The molecule has 0 spiro atoms. The number of hydrogen-bond acceptors (Lipinski definition) is 4. The molecule has 4 heteroatoms. The van der Waals surface area contributed by atoms with Crippen LogP contribution in [0.1, 0.15) is 118 Å². The van der Waals surface area contributed by atoms with Crippen molar-refractivity contribution in [2.75, 3.05) is 7.11 Å². The van der Waals surface area contributed by atoms with Crippen molar-refractivity contribution in [2.45, 2.75) is 119 Å². The van der Waals surface area contributed by atoms with E-state index in [2.05, 4.69) is 55.0 Å². The number of allylic oxidation sites excluding steroid dienone is 1. The Bertz CT molecular complexity index is 1340. The molecule has 0 bridgehead atoms. The van der Waals surface area contributed by atoms with Crippen LogP contribution in [0, 0.1) is 56.7 Å². The molecule has 44 heavy (non-hydrogen) atoms. The molecule has 5 saturated carbocycles. The number of phenols is 1. The molecule has 1 aromatic carbocycles. The third kappa shape index (κ3) is 4.54. The standard InChI is InChI=1S/C40H58O4/c1-25(2)27-16-19-37(5)22-23-39(7)28(35(27)37)12-14-32-38(6)20-18-33(36(3,4)31(38)17-21-40(32,39)8)44-34(42)15-11-26-10-13-30(43-9)29(41)24-26/h10-11,13,15,24,27-28,31-33,35,41H,1,12,14,16-23H2,2-9H3/b15-11+/t27-,28?,31?,32?,33-,35?,37+,38-,39+,40+/m0/s1. The van der Waals surface area contributed by atoms with E-state index in [0.717, 1.165) is 30.2 Å². The molecule has 0 heterocycles. The summed E-state index contributed by atoms with van der Waals surface area (Å²) < 4.78 is 11.4. The quantitative estimate of drug-likeness (QED) is 0.207. The van der Waals surface area contributed by atoms with Crippen LogP contribution >= 0.6 is 0 Å². The molecular formula is C40H58O4. The predicted molar refractivity (Wildman–Crippen MR) is 178 cm³/mol. The Labute approximate surface area is 267 Å². The van der Waals surface area contributed by atoms with Crippen LogP contribution in [-0.4, -0.2) is 24.3 Å². The number of carbonyl (C=O) groups is 1. The monoisotopic (exact) mass is 602 g/mol. The molecule has 5 aliphatic rings. The number of esters is 1. The Balaban J connectivity index is 1.21. The number of carbonyl (C=O) groups excluding carboxylic acids is 1. The Hall–Kier alpha value is -2.23. The summed E-state index contributed by atoms with van der Waals surface area (Å²) in [5, 5.41) is 10.1. The number of fused-ring (bicyclic) bond motifs is 7. The molecule has 6 rings (SSSR count). The molecule has 4 nitrogen and oxygen atoms in total. The Morgan fingerprint density at radius 1 is 0.909 bits per heavy atom. The van der Waals surface area contributed by atoms with Gasteiger partial charge in [0.1, 0.15) is 6.10 Å². The van der Waals surface area contributed by atoms with Gasteiger partial charge < -0.3 is 14.6 Å². The van der Waals surface area contributed by atoms with Crippen molar-refractivity contribution in [3.63, 3.8) is 0 Å². The first-order valence-electron chi connectivity index (χ1n) is 17.5. The van der Waals surface area contributed by atoms with Gasteiger partial charge in [-0.3, -0.25) is 0 Å². The number of hydrogen-bond donors (Lipinski definition) is 1. The second-order valence-electron chi connectivity index (χ2n) is 17.4. The number of ether oxygens (including phenoxy) is 2. The molecule has 0 saturated heterocycles. The lowest BCUT2D eigenvalue weighted by Gasteiger charge is -2.73. The first-order chi connectivity index (χ1) is 20.6. The van der Waals surface area contributed by atoms with E-state index in [1.54, 1.807) is 18.2 Å². The minimum absolute atomic E-state index is 0.0593. The van der Waals surface area contributed by atoms with Crippen LogP contribution in [-0.2, 0) is 9.53 Å². The average Bonchev–Trinajstić information content (AvgIpc) is 3.32. The summed E-state index contributed by atoms with van der Waals surface area (Å²) in [6.45, 7) is 22.2. The topological polar surface area (TPSA) is 55.8 Å². The van der Waals surface area contributed by atoms with Crippen LogP contribution in [0.5, 0.6) is 11.5 Å². The van der Waals surface area contributed by atoms with E-state index in [1.807, 2.05) is 6.07 Å². The number of methoxy groups -OCH3 is 1. The molecule has 0 aliphatic heterocycles. The third-order valence-electron chi connectivity index (χ3n) is 15.3. The molecular weight excluding hydrogens is 544 g/mol. The summed E-state index contributed by atoms with van der Waals surface area (Å²) in [5.41, 5.74) is 3.55. The van der Waals surface area contributed by atoms with Crippen molar-refractivity contribution >= 4 is 12.0 Å².